The van der Waals surface area contributed by atoms with Gasteiger partial charge in [0.1, 0.15) is 0 Å². The fourth-order valence-corrected chi connectivity index (χ4v) is 2.69. The second kappa shape index (κ2) is 4.41. The maximum atomic E-state index is 9.59. The number of tetrazole rings is 1. The molecule has 7 heteroatoms. The molecule has 0 radical (unpaired) electrons. The largest absolute Gasteiger partial charge is 0.394 e. The van der Waals surface area contributed by atoms with E-state index < -0.39 is 0 Å². The molecule has 1 saturated heterocycles. The lowest BCUT2D eigenvalue weighted by Crippen LogP contribution is -2.49. The summed E-state index contributed by atoms with van der Waals surface area (Å²) in [6.45, 7) is 5.43. The molecular weight excluding hydrogens is 244 g/mol. The number of rotatable bonds is 2. The van der Waals surface area contributed by atoms with E-state index in [1.165, 1.54) is 0 Å². The zero-order chi connectivity index (χ0) is 13.5. The molecule has 0 amide bonds. The summed E-state index contributed by atoms with van der Waals surface area (Å²) in [7, 11) is 0. The lowest BCUT2D eigenvalue weighted by Gasteiger charge is -2.43. The van der Waals surface area contributed by atoms with Gasteiger partial charge in [-0.2, -0.15) is 4.52 Å². The summed E-state index contributed by atoms with van der Waals surface area (Å²) in [5, 5.41) is 21.2. The molecule has 1 atom stereocenters. The average molecular weight is 262 g/mol. The molecule has 0 bridgehead atoms. The summed E-state index contributed by atoms with van der Waals surface area (Å²) in [4.78, 5) is 6.55. The van der Waals surface area contributed by atoms with Crippen molar-refractivity contribution in [3.05, 3.63) is 12.4 Å². The van der Waals surface area contributed by atoms with E-state index in [0.717, 1.165) is 25.2 Å². The summed E-state index contributed by atoms with van der Waals surface area (Å²) in [6, 6.07) is 0.0865. The van der Waals surface area contributed by atoms with Gasteiger partial charge in [-0.25, -0.2) is 4.98 Å². The number of aliphatic hydroxyl groups excluding tert-OH is 1. The first-order chi connectivity index (χ1) is 9.11. The topological polar surface area (TPSA) is 79.4 Å². The van der Waals surface area contributed by atoms with Crippen LogP contribution in [0.4, 0.5) is 5.82 Å². The van der Waals surface area contributed by atoms with Crippen LogP contribution in [0.15, 0.2) is 12.4 Å². The first-order valence-electron chi connectivity index (χ1n) is 6.51. The van der Waals surface area contributed by atoms with Gasteiger partial charge in [0.15, 0.2) is 5.82 Å². The van der Waals surface area contributed by atoms with E-state index >= 15 is 0 Å². The quantitative estimate of drug-likeness (QED) is 0.849. The molecule has 3 rings (SSSR count). The van der Waals surface area contributed by atoms with Crippen LogP contribution in [0.1, 0.15) is 26.7 Å². The monoisotopic (exact) mass is 262 g/mol. The fourth-order valence-electron chi connectivity index (χ4n) is 2.69. The highest BCUT2D eigenvalue weighted by Gasteiger charge is 2.34. The van der Waals surface area contributed by atoms with Crippen LogP contribution in [-0.2, 0) is 0 Å². The normalized spacial score (nSPS) is 22.9. The van der Waals surface area contributed by atoms with Crippen molar-refractivity contribution >= 4 is 11.5 Å². The third-order valence-corrected chi connectivity index (χ3v) is 3.77. The third-order valence-electron chi connectivity index (χ3n) is 3.77. The number of nitrogens with zero attached hydrogens (tertiary/aromatic N) is 6. The maximum absolute atomic E-state index is 9.59. The molecule has 0 aliphatic carbocycles. The molecule has 1 fully saturated rings. The van der Waals surface area contributed by atoms with E-state index in [1.807, 2.05) is 0 Å². The maximum Gasteiger partial charge on any atom is 0.222 e. The minimum Gasteiger partial charge on any atom is -0.394 e. The Morgan fingerprint density at radius 1 is 1.47 bits per heavy atom. The van der Waals surface area contributed by atoms with Crippen LogP contribution in [0.25, 0.3) is 5.65 Å². The van der Waals surface area contributed by atoms with Gasteiger partial charge in [0.05, 0.1) is 18.8 Å². The molecule has 2 aromatic rings. The highest BCUT2D eigenvalue weighted by Crippen LogP contribution is 2.34. The SMILES string of the molecule is CC1(C)CC[C@@H](CO)N(c2nccn3nnnc23)C1. The lowest BCUT2D eigenvalue weighted by molar-refractivity contribution is 0.189. The summed E-state index contributed by atoms with van der Waals surface area (Å²) >= 11 is 0. The van der Waals surface area contributed by atoms with Gasteiger partial charge in [0, 0.05) is 12.7 Å². The number of anilines is 1. The minimum atomic E-state index is 0.0865. The van der Waals surface area contributed by atoms with Crippen LogP contribution in [-0.4, -0.2) is 49.3 Å². The van der Waals surface area contributed by atoms with Gasteiger partial charge in [-0.1, -0.05) is 13.8 Å². The van der Waals surface area contributed by atoms with E-state index in [-0.39, 0.29) is 18.1 Å². The van der Waals surface area contributed by atoms with Crippen molar-refractivity contribution in [3.8, 4) is 0 Å². The number of hydrogen-bond donors (Lipinski definition) is 1. The number of hydrogen-bond acceptors (Lipinski definition) is 6. The van der Waals surface area contributed by atoms with E-state index in [4.69, 9.17) is 0 Å². The van der Waals surface area contributed by atoms with E-state index in [2.05, 4.69) is 39.3 Å². The first kappa shape index (κ1) is 12.3. The molecule has 0 spiro atoms. The number of aromatic nitrogens is 5. The Labute approximate surface area is 111 Å². The molecule has 19 heavy (non-hydrogen) atoms. The zero-order valence-corrected chi connectivity index (χ0v) is 11.2. The van der Waals surface area contributed by atoms with Crippen molar-refractivity contribution < 1.29 is 5.11 Å². The Balaban J connectivity index is 2.04. The molecule has 1 aliphatic rings. The van der Waals surface area contributed by atoms with Gasteiger partial charge >= 0.3 is 0 Å². The van der Waals surface area contributed by atoms with Crippen LogP contribution in [0.5, 0.6) is 0 Å². The summed E-state index contributed by atoms with van der Waals surface area (Å²) in [6.07, 6.45) is 5.47. The van der Waals surface area contributed by atoms with Crippen LogP contribution in [0, 0.1) is 5.41 Å². The number of fused-ring (bicyclic) bond motifs is 1. The Hall–Kier alpha value is -1.76. The first-order valence-corrected chi connectivity index (χ1v) is 6.51. The lowest BCUT2D eigenvalue weighted by atomic mass is 9.81. The molecule has 2 aromatic heterocycles. The summed E-state index contributed by atoms with van der Waals surface area (Å²) in [5.41, 5.74) is 0.840. The van der Waals surface area contributed by atoms with Crippen LogP contribution in [0.2, 0.25) is 0 Å². The van der Waals surface area contributed by atoms with Crippen molar-refractivity contribution in [2.75, 3.05) is 18.1 Å². The van der Waals surface area contributed by atoms with Gasteiger partial charge in [0.25, 0.3) is 0 Å². The van der Waals surface area contributed by atoms with Crippen LogP contribution >= 0.6 is 0 Å². The minimum absolute atomic E-state index is 0.0865. The van der Waals surface area contributed by atoms with Crippen molar-refractivity contribution in [2.45, 2.75) is 32.7 Å². The van der Waals surface area contributed by atoms with Crippen LogP contribution < -0.4 is 4.90 Å². The van der Waals surface area contributed by atoms with Gasteiger partial charge in [-0.15, -0.1) is 5.10 Å². The Bertz CT molecular complexity index is 580. The van der Waals surface area contributed by atoms with E-state index in [9.17, 15) is 5.11 Å². The molecular formula is C12H18N6O. The summed E-state index contributed by atoms with van der Waals surface area (Å²) in [5.74, 6) is 0.749. The molecule has 0 saturated carbocycles. The second-order valence-electron chi connectivity index (χ2n) is 5.87. The molecule has 102 valence electrons. The zero-order valence-electron chi connectivity index (χ0n) is 11.2. The Morgan fingerprint density at radius 2 is 2.32 bits per heavy atom. The van der Waals surface area contributed by atoms with Crippen molar-refractivity contribution in [3.63, 3.8) is 0 Å². The number of piperidine rings is 1. The molecule has 7 nitrogen and oxygen atoms in total. The van der Waals surface area contributed by atoms with E-state index in [0.29, 0.717) is 5.65 Å². The van der Waals surface area contributed by atoms with Crippen molar-refractivity contribution in [1.82, 2.24) is 25.0 Å². The van der Waals surface area contributed by atoms with Gasteiger partial charge in [0.2, 0.25) is 5.65 Å². The van der Waals surface area contributed by atoms with Gasteiger partial charge < -0.3 is 10.0 Å². The smallest absolute Gasteiger partial charge is 0.222 e. The number of aliphatic hydroxyl groups is 1. The van der Waals surface area contributed by atoms with Gasteiger partial charge in [-0.05, 0) is 28.7 Å². The predicted octanol–water partition coefficient (Wildman–Crippen LogP) is 0.507. The second-order valence-corrected chi connectivity index (χ2v) is 5.87. The highest BCUT2D eigenvalue weighted by molar-refractivity contribution is 5.63. The molecule has 1 N–H and O–H groups in total. The molecule has 0 aromatic carbocycles. The highest BCUT2D eigenvalue weighted by atomic mass is 16.3. The molecule has 3 heterocycles. The molecule has 1 aliphatic heterocycles. The van der Waals surface area contributed by atoms with Gasteiger partial charge in [-0.3, -0.25) is 0 Å². The third kappa shape index (κ3) is 2.14. The van der Waals surface area contributed by atoms with E-state index in [1.54, 1.807) is 16.9 Å². The van der Waals surface area contributed by atoms with Crippen LogP contribution in [0.3, 0.4) is 0 Å². The Morgan fingerprint density at radius 3 is 3.11 bits per heavy atom. The standard InChI is InChI=1S/C12H18N6O/c1-12(2)4-3-9(7-19)17(8-12)10-11-14-15-16-18(11)6-5-13-10/h5-6,9,19H,3-4,7-8H2,1-2H3/t9-/m0/s1. The Kier molecular flexibility index (Phi) is 2.85. The average Bonchev–Trinajstić information content (AvgIpc) is 2.85. The molecule has 0 unspecified atom stereocenters. The fraction of sp³-hybridized carbons (Fsp3) is 0.667. The van der Waals surface area contributed by atoms with Crippen molar-refractivity contribution in [2.24, 2.45) is 5.41 Å². The summed E-state index contributed by atoms with van der Waals surface area (Å²) < 4.78 is 1.61. The predicted molar refractivity (Wildman–Crippen MR) is 69.8 cm³/mol. The van der Waals surface area contributed by atoms with Crippen molar-refractivity contribution in [1.29, 1.82) is 0 Å².